The molecule has 0 fully saturated rings. The summed E-state index contributed by atoms with van der Waals surface area (Å²) in [7, 11) is 1.20. The molecule has 17 heavy (non-hydrogen) atoms. The van der Waals surface area contributed by atoms with E-state index in [9.17, 15) is 13.6 Å². The van der Waals surface area contributed by atoms with Crippen molar-refractivity contribution in [1.29, 1.82) is 0 Å². The van der Waals surface area contributed by atoms with Crippen molar-refractivity contribution < 1.29 is 22.7 Å². The molecule has 88 valence electrons. The molecule has 0 aliphatic heterocycles. The molecule has 0 atom stereocenters. The maximum absolute atomic E-state index is 13.4. The van der Waals surface area contributed by atoms with Crippen LogP contribution in [-0.2, 0) is 4.74 Å². The third-order valence-corrected chi connectivity index (χ3v) is 2.19. The largest absolute Gasteiger partial charge is 0.463 e. The second-order valence-electron chi connectivity index (χ2n) is 3.28. The predicted molar refractivity (Wildman–Crippen MR) is 55.4 cm³/mol. The SMILES string of the molecule is COC(=O)c1ccc(-c2cc(F)ccc2F)o1. The Morgan fingerprint density at radius 3 is 2.71 bits per heavy atom. The fraction of sp³-hybridized carbons (Fsp3) is 0.0833. The summed E-state index contributed by atoms with van der Waals surface area (Å²) in [6, 6.07) is 5.71. The van der Waals surface area contributed by atoms with Crippen molar-refractivity contribution in [2.45, 2.75) is 0 Å². The molecule has 1 aromatic carbocycles. The first-order valence-electron chi connectivity index (χ1n) is 4.75. The van der Waals surface area contributed by atoms with Gasteiger partial charge in [-0.1, -0.05) is 0 Å². The summed E-state index contributed by atoms with van der Waals surface area (Å²) in [4.78, 5) is 11.1. The highest BCUT2D eigenvalue weighted by Gasteiger charge is 2.15. The number of methoxy groups -OCH3 is 1. The van der Waals surface area contributed by atoms with E-state index < -0.39 is 17.6 Å². The van der Waals surface area contributed by atoms with Gasteiger partial charge in [0.05, 0.1) is 12.7 Å². The molecular weight excluding hydrogens is 230 g/mol. The zero-order valence-corrected chi connectivity index (χ0v) is 8.87. The Kier molecular flexibility index (Phi) is 2.91. The molecule has 0 amide bonds. The quantitative estimate of drug-likeness (QED) is 0.755. The van der Waals surface area contributed by atoms with Gasteiger partial charge >= 0.3 is 5.97 Å². The van der Waals surface area contributed by atoms with Crippen LogP contribution in [0.1, 0.15) is 10.6 Å². The normalized spacial score (nSPS) is 10.3. The van der Waals surface area contributed by atoms with Gasteiger partial charge in [0.15, 0.2) is 0 Å². The van der Waals surface area contributed by atoms with Crippen molar-refractivity contribution >= 4 is 5.97 Å². The van der Waals surface area contributed by atoms with E-state index >= 15 is 0 Å². The maximum Gasteiger partial charge on any atom is 0.373 e. The van der Waals surface area contributed by atoms with E-state index in [1.54, 1.807) is 0 Å². The molecule has 0 radical (unpaired) electrons. The Morgan fingerprint density at radius 1 is 1.24 bits per heavy atom. The van der Waals surface area contributed by atoms with Gasteiger partial charge < -0.3 is 9.15 Å². The van der Waals surface area contributed by atoms with Crippen molar-refractivity contribution in [3.8, 4) is 11.3 Å². The van der Waals surface area contributed by atoms with Crippen molar-refractivity contribution in [1.82, 2.24) is 0 Å². The van der Waals surface area contributed by atoms with Crippen molar-refractivity contribution in [2.75, 3.05) is 7.11 Å². The zero-order chi connectivity index (χ0) is 12.4. The van der Waals surface area contributed by atoms with Crippen LogP contribution in [0.3, 0.4) is 0 Å². The van der Waals surface area contributed by atoms with Gasteiger partial charge in [0.2, 0.25) is 5.76 Å². The van der Waals surface area contributed by atoms with Gasteiger partial charge in [-0.2, -0.15) is 0 Å². The van der Waals surface area contributed by atoms with Crippen molar-refractivity contribution in [2.24, 2.45) is 0 Å². The highest BCUT2D eigenvalue weighted by atomic mass is 19.1. The summed E-state index contributed by atoms with van der Waals surface area (Å²) >= 11 is 0. The van der Waals surface area contributed by atoms with Crippen LogP contribution < -0.4 is 0 Å². The lowest BCUT2D eigenvalue weighted by Gasteiger charge is -1.99. The Labute approximate surface area is 95.6 Å². The zero-order valence-electron chi connectivity index (χ0n) is 8.87. The third-order valence-electron chi connectivity index (χ3n) is 2.19. The van der Waals surface area contributed by atoms with E-state index in [4.69, 9.17) is 4.42 Å². The Hall–Kier alpha value is -2.17. The van der Waals surface area contributed by atoms with Crippen molar-refractivity contribution in [3.63, 3.8) is 0 Å². The Balaban J connectivity index is 2.43. The number of carbonyl (C=O) groups is 1. The molecule has 0 unspecified atom stereocenters. The maximum atomic E-state index is 13.4. The number of carbonyl (C=O) groups excluding carboxylic acids is 1. The molecule has 0 spiro atoms. The first-order chi connectivity index (χ1) is 8.11. The summed E-state index contributed by atoms with van der Waals surface area (Å²) in [6.45, 7) is 0. The van der Waals surface area contributed by atoms with Gasteiger partial charge in [-0.15, -0.1) is 0 Å². The van der Waals surface area contributed by atoms with Crippen LogP contribution in [0.4, 0.5) is 8.78 Å². The smallest absolute Gasteiger partial charge is 0.373 e. The fourth-order valence-electron chi connectivity index (χ4n) is 1.38. The molecule has 3 nitrogen and oxygen atoms in total. The van der Waals surface area contributed by atoms with Crippen LogP contribution in [0.25, 0.3) is 11.3 Å². The molecule has 2 aromatic rings. The number of hydrogen-bond acceptors (Lipinski definition) is 3. The number of ether oxygens (including phenoxy) is 1. The van der Waals surface area contributed by atoms with E-state index in [0.29, 0.717) is 0 Å². The number of furan rings is 1. The molecule has 0 aliphatic carbocycles. The van der Waals surface area contributed by atoms with E-state index in [1.165, 1.54) is 19.2 Å². The number of halogens is 2. The van der Waals surface area contributed by atoms with E-state index in [2.05, 4.69) is 4.74 Å². The standard InChI is InChI=1S/C12H8F2O3/c1-16-12(15)11-5-4-10(17-11)8-6-7(13)2-3-9(8)14/h2-6H,1H3. The van der Waals surface area contributed by atoms with Gasteiger partial charge in [0.25, 0.3) is 0 Å². The summed E-state index contributed by atoms with van der Waals surface area (Å²) in [5, 5.41) is 0. The molecule has 0 N–H and O–H groups in total. The monoisotopic (exact) mass is 238 g/mol. The molecule has 0 bridgehead atoms. The third kappa shape index (κ3) is 2.18. The first kappa shape index (κ1) is 11.3. The Morgan fingerprint density at radius 2 is 2.00 bits per heavy atom. The van der Waals surface area contributed by atoms with E-state index in [1.807, 2.05) is 0 Å². The summed E-state index contributed by atoms with van der Waals surface area (Å²) < 4.78 is 35.9. The molecule has 5 heteroatoms. The van der Waals surface area contributed by atoms with Crippen molar-refractivity contribution in [3.05, 3.63) is 47.7 Å². The first-order valence-corrected chi connectivity index (χ1v) is 4.75. The number of esters is 1. The lowest BCUT2D eigenvalue weighted by Crippen LogP contribution is -1.98. The van der Waals surface area contributed by atoms with Crippen LogP contribution >= 0.6 is 0 Å². The second-order valence-corrected chi connectivity index (χ2v) is 3.28. The Bertz CT molecular complexity index is 561. The van der Waals surface area contributed by atoms with Gasteiger partial charge in [-0.05, 0) is 30.3 Å². The molecule has 0 aliphatic rings. The molecule has 0 saturated heterocycles. The summed E-state index contributed by atoms with van der Waals surface area (Å²) in [5.41, 5.74) is -0.0415. The number of hydrogen-bond donors (Lipinski definition) is 0. The topological polar surface area (TPSA) is 39.4 Å². The van der Waals surface area contributed by atoms with Crippen LogP contribution in [0.15, 0.2) is 34.7 Å². The van der Waals surface area contributed by atoms with Gasteiger partial charge in [-0.25, -0.2) is 13.6 Å². The van der Waals surface area contributed by atoms with Crippen LogP contribution in [0, 0.1) is 11.6 Å². The lowest BCUT2D eigenvalue weighted by atomic mass is 10.1. The summed E-state index contributed by atoms with van der Waals surface area (Å²) in [5.74, 6) is -1.88. The molecule has 2 rings (SSSR count). The van der Waals surface area contributed by atoms with E-state index in [0.717, 1.165) is 18.2 Å². The van der Waals surface area contributed by atoms with Gasteiger partial charge in [-0.3, -0.25) is 0 Å². The number of benzene rings is 1. The predicted octanol–water partition coefficient (Wildman–Crippen LogP) is 3.01. The van der Waals surface area contributed by atoms with Crippen LogP contribution in [0.2, 0.25) is 0 Å². The molecule has 0 saturated carbocycles. The minimum Gasteiger partial charge on any atom is -0.463 e. The van der Waals surface area contributed by atoms with Gasteiger partial charge in [0.1, 0.15) is 17.4 Å². The highest BCUT2D eigenvalue weighted by molar-refractivity contribution is 5.87. The summed E-state index contributed by atoms with van der Waals surface area (Å²) in [6.07, 6.45) is 0. The lowest BCUT2D eigenvalue weighted by molar-refractivity contribution is 0.0566. The fourth-order valence-corrected chi connectivity index (χ4v) is 1.38. The minimum atomic E-state index is -0.673. The van der Waals surface area contributed by atoms with Gasteiger partial charge in [0, 0.05) is 0 Å². The average molecular weight is 238 g/mol. The average Bonchev–Trinajstić information content (AvgIpc) is 2.80. The molecular formula is C12H8F2O3. The van der Waals surface area contributed by atoms with E-state index in [-0.39, 0.29) is 17.1 Å². The highest BCUT2D eigenvalue weighted by Crippen LogP contribution is 2.26. The molecule has 1 aromatic heterocycles. The van der Waals surface area contributed by atoms with Crippen LogP contribution in [0.5, 0.6) is 0 Å². The second kappa shape index (κ2) is 4.37. The molecule has 1 heterocycles. The minimum absolute atomic E-state index is 0.0415. The number of rotatable bonds is 2. The van der Waals surface area contributed by atoms with Crippen LogP contribution in [-0.4, -0.2) is 13.1 Å².